The zero-order chi connectivity index (χ0) is 17.7. The topological polar surface area (TPSA) is 93.5 Å². The second kappa shape index (κ2) is 7.63. The maximum absolute atomic E-state index is 11.9. The van der Waals surface area contributed by atoms with Gasteiger partial charge in [-0.1, -0.05) is 30.3 Å². The van der Waals surface area contributed by atoms with Crippen molar-refractivity contribution in [3.8, 4) is 0 Å². The van der Waals surface area contributed by atoms with E-state index in [1.54, 1.807) is 11.6 Å². The molecule has 2 atom stereocenters. The van der Waals surface area contributed by atoms with Crippen LogP contribution in [0.2, 0.25) is 0 Å². The van der Waals surface area contributed by atoms with E-state index < -0.39 is 24.1 Å². The number of hydrogen-bond donors (Lipinski definition) is 2. The number of carbonyl (C=O) groups excluding carboxylic acids is 1. The Morgan fingerprint density at radius 2 is 1.96 bits per heavy atom. The molecule has 0 saturated heterocycles. The van der Waals surface area contributed by atoms with E-state index in [-0.39, 0.29) is 6.61 Å². The molecule has 128 valence electrons. The Labute approximate surface area is 140 Å². The lowest BCUT2D eigenvalue weighted by Gasteiger charge is -2.22. The number of ether oxygens (including phenoxy) is 1. The summed E-state index contributed by atoms with van der Waals surface area (Å²) in [5, 5.41) is 16.1. The second-order valence-electron chi connectivity index (χ2n) is 5.63. The molecule has 0 fully saturated rings. The number of hydrogen-bond acceptors (Lipinski definition) is 4. The molecule has 0 saturated carbocycles. The van der Waals surface area contributed by atoms with Crippen LogP contribution >= 0.6 is 0 Å². The highest BCUT2D eigenvalue weighted by Crippen LogP contribution is 2.15. The summed E-state index contributed by atoms with van der Waals surface area (Å²) < 4.78 is 6.68. The summed E-state index contributed by atoms with van der Waals surface area (Å²) >= 11 is 0. The minimum Gasteiger partial charge on any atom is -0.480 e. The zero-order valence-corrected chi connectivity index (χ0v) is 13.9. The van der Waals surface area contributed by atoms with Gasteiger partial charge in [-0.15, -0.1) is 0 Å². The molecule has 2 aromatic rings. The van der Waals surface area contributed by atoms with E-state index in [0.717, 1.165) is 17.0 Å². The van der Waals surface area contributed by atoms with Crippen LogP contribution in [0.3, 0.4) is 0 Å². The van der Waals surface area contributed by atoms with Crippen molar-refractivity contribution in [1.82, 2.24) is 15.1 Å². The molecule has 1 aromatic carbocycles. The van der Waals surface area contributed by atoms with Gasteiger partial charge in [-0.05, 0) is 32.4 Å². The predicted octanol–water partition coefficient (Wildman–Crippen LogP) is 2.44. The van der Waals surface area contributed by atoms with Gasteiger partial charge in [-0.3, -0.25) is 4.68 Å². The molecule has 0 spiro atoms. The molecule has 24 heavy (non-hydrogen) atoms. The van der Waals surface area contributed by atoms with Crippen molar-refractivity contribution in [3.63, 3.8) is 0 Å². The van der Waals surface area contributed by atoms with Crippen molar-refractivity contribution in [1.29, 1.82) is 0 Å². The Balaban J connectivity index is 2.01. The number of benzene rings is 1. The van der Waals surface area contributed by atoms with Crippen LogP contribution in [-0.2, 0) is 16.1 Å². The molecule has 7 nitrogen and oxygen atoms in total. The number of carbonyl (C=O) groups is 2. The highest BCUT2D eigenvalue weighted by atomic mass is 16.5. The van der Waals surface area contributed by atoms with Crippen molar-refractivity contribution in [2.24, 2.45) is 0 Å². The summed E-state index contributed by atoms with van der Waals surface area (Å²) in [6.45, 7) is 5.43. The number of aromatic nitrogens is 2. The highest BCUT2D eigenvalue weighted by molar-refractivity contribution is 5.80. The lowest BCUT2D eigenvalue weighted by atomic mass is 10.1. The molecule has 2 unspecified atom stereocenters. The van der Waals surface area contributed by atoms with Crippen LogP contribution in [0.15, 0.2) is 36.4 Å². The van der Waals surface area contributed by atoms with Crippen molar-refractivity contribution < 1.29 is 19.4 Å². The van der Waals surface area contributed by atoms with E-state index >= 15 is 0 Å². The molecule has 0 aliphatic rings. The molecule has 7 heteroatoms. The summed E-state index contributed by atoms with van der Waals surface area (Å²) in [4.78, 5) is 23.5. The molecular weight excluding hydrogens is 310 g/mol. The number of nitrogens with zero attached hydrogens (tertiary/aromatic N) is 2. The van der Waals surface area contributed by atoms with Gasteiger partial charge in [-0.2, -0.15) is 5.10 Å². The number of nitrogens with one attached hydrogen (secondary N) is 1. The minimum absolute atomic E-state index is 0.0767. The highest BCUT2D eigenvalue weighted by Gasteiger charge is 2.29. The summed E-state index contributed by atoms with van der Waals surface area (Å²) in [6.07, 6.45) is -0.778. The Morgan fingerprint density at radius 1 is 1.29 bits per heavy atom. The lowest BCUT2D eigenvalue weighted by Crippen LogP contribution is -2.46. The summed E-state index contributed by atoms with van der Waals surface area (Å²) in [5.74, 6) is -1.15. The fraction of sp³-hybridized carbons (Fsp3) is 0.353. The van der Waals surface area contributed by atoms with Crippen LogP contribution in [0.1, 0.15) is 29.9 Å². The van der Waals surface area contributed by atoms with Gasteiger partial charge in [0.2, 0.25) is 0 Å². The molecule has 0 aliphatic carbocycles. The first kappa shape index (κ1) is 17.5. The molecule has 0 aliphatic heterocycles. The fourth-order valence-corrected chi connectivity index (χ4v) is 2.48. The standard InChI is InChI=1S/C17H21N3O4/c1-11-9-12(2)20(19-11)13(3)15(16(21)22)18-17(23)24-10-14-7-5-4-6-8-14/h4-9,13,15H,10H2,1-3H3,(H,18,23)(H,21,22). The summed E-state index contributed by atoms with van der Waals surface area (Å²) in [5.41, 5.74) is 2.44. The number of alkyl carbamates (subject to hydrolysis) is 1. The molecule has 1 aromatic heterocycles. The number of carboxylic acids is 1. The summed E-state index contributed by atoms with van der Waals surface area (Å²) in [7, 11) is 0. The largest absolute Gasteiger partial charge is 0.480 e. The van der Waals surface area contributed by atoms with E-state index in [1.807, 2.05) is 50.2 Å². The van der Waals surface area contributed by atoms with E-state index in [4.69, 9.17) is 4.74 Å². The van der Waals surface area contributed by atoms with Crippen molar-refractivity contribution in [2.45, 2.75) is 39.5 Å². The third kappa shape index (κ3) is 4.34. The Morgan fingerprint density at radius 3 is 2.50 bits per heavy atom. The quantitative estimate of drug-likeness (QED) is 0.848. The van der Waals surface area contributed by atoms with Crippen molar-refractivity contribution >= 4 is 12.1 Å². The maximum Gasteiger partial charge on any atom is 0.408 e. The van der Waals surface area contributed by atoms with Crippen LogP contribution in [0.25, 0.3) is 0 Å². The minimum atomic E-state index is -1.15. The smallest absolute Gasteiger partial charge is 0.408 e. The van der Waals surface area contributed by atoms with E-state index in [2.05, 4.69) is 10.4 Å². The summed E-state index contributed by atoms with van der Waals surface area (Å²) in [6, 6.07) is 9.32. The normalized spacial score (nSPS) is 13.1. The molecule has 2 rings (SSSR count). The van der Waals surface area contributed by atoms with Gasteiger partial charge < -0.3 is 15.2 Å². The van der Waals surface area contributed by atoms with Crippen LogP contribution in [0.5, 0.6) is 0 Å². The first-order valence-electron chi connectivity index (χ1n) is 7.61. The van der Waals surface area contributed by atoms with Gasteiger partial charge in [-0.25, -0.2) is 9.59 Å². The monoisotopic (exact) mass is 331 g/mol. The SMILES string of the molecule is Cc1cc(C)n(C(C)C(NC(=O)OCc2ccccc2)C(=O)O)n1. The third-order valence-electron chi connectivity index (χ3n) is 3.66. The number of amides is 1. The average molecular weight is 331 g/mol. The predicted molar refractivity (Wildman–Crippen MR) is 87.6 cm³/mol. The number of rotatable bonds is 6. The molecule has 2 N–H and O–H groups in total. The van der Waals surface area contributed by atoms with E-state index in [9.17, 15) is 14.7 Å². The van der Waals surface area contributed by atoms with E-state index in [0.29, 0.717) is 0 Å². The van der Waals surface area contributed by atoms with Gasteiger partial charge in [0, 0.05) is 5.69 Å². The van der Waals surface area contributed by atoms with E-state index in [1.165, 1.54) is 0 Å². The number of aryl methyl sites for hydroxylation is 2. The molecule has 1 amide bonds. The first-order chi connectivity index (χ1) is 11.4. The number of carboxylic acid groups (broad SMARTS) is 1. The number of aliphatic carboxylic acids is 1. The first-order valence-corrected chi connectivity index (χ1v) is 7.61. The van der Waals surface area contributed by atoms with Crippen LogP contribution in [0, 0.1) is 13.8 Å². The molecule has 0 bridgehead atoms. The van der Waals surface area contributed by atoms with Gasteiger partial charge in [0.05, 0.1) is 11.7 Å². The lowest BCUT2D eigenvalue weighted by molar-refractivity contribution is -0.140. The Hall–Kier alpha value is -2.83. The fourth-order valence-electron chi connectivity index (χ4n) is 2.48. The molecule has 1 heterocycles. The molecular formula is C17H21N3O4. The van der Waals surface area contributed by atoms with Crippen molar-refractivity contribution in [2.75, 3.05) is 0 Å². The van der Waals surface area contributed by atoms with Crippen molar-refractivity contribution in [3.05, 3.63) is 53.3 Å². The van der Waals surface area contributed by atoms with Crippen LogP contribution in [-0.4, -0.2) is 33.0 Å². The zero-order valence-electron chi connectivity index (χ0n) is 13.9. The molecule has 0 radical (unpaired) electrons. The van der Waals surface area contributed by atoms with Gasteiger partial charge in [0.25, 0.3) is 0 Å². The second-order valence-corrected chi connectivity index (χ2v) is 5.63. The van der Waals surface area contributed by atoms with Crippen LogP contribution in [0.4, 0.5) is 4.79 Å². The Bertz CT molecular complexity index is 712. The Kier molecular flexibility index (Phi) is 5.57. The average Bonchev–Trinajstić information content (AvgIpc) is 2.89. The third-order valence-corrected chi connectivity index (χ3v) is 3.66. The maximum atomic E-state index is 11.9. The van der Waals surface area contributed by atoms with Gasteiger partial charge in [0.1, 0.15) is 6.61 Å². The van der Waals surface area contributed by atoms with Crippen LogP contribution < -0.4 is 5.32 Å². The van der Waals surface area contributed by atoms with Gasteiger partial charge >= 0.3 is 12.1 Å². The van der Waals surface area contributed by atoms with Gasteiger partial charge in [0.15, 0.2) is 6.04 Å².